The quantitative estimate of drug-likeness (QED) is 0.910. The third-order valence-corrected chi connectivity index (χ3v) is 3.99. The number of ether oxygens (including phenoxy) is 1. The number of carbonyl (C=O) groups is 1. The second-order valence-electron chi connectivity index (χ2n) is 5.55. The molecule has 0 aromatic heterocycles. The van der Waals surface area contributed by atoms with Crippen LogP contribution in [0.5, 0.6) is 0 Å². The highest BCUT2D eigenvalue weighted by Crippen LogP contribution is 2.31. The fourth-order valence-electron chi connectivity index (χ4n) is 2.94. The van der Waals surface area contributed by atoms with Crippen LogP contribution in [0.2, 0.25) is 0 Å². The summed E-state index contributed by atoms with van der Waals surface area (Å²) in [6, 6.07) is 14.8. The number of hydrogen-bond acceptors (Lipinski definition) is 3. The Balaban J connectivity index is 1.78. The summed E-state index contributed by atoms with van der Waals surface area (Å²) in [5.41, 5.74) is 3.61. The van der Waals surface area contributed by atoms with Crippen molar-refractivity contribution < 1.29 is 14.6 Å². The minimum atomic E-state index is -0.580. The second-order valence-corrected chi connectivity index (χ2v) is 5.55. The minimum Gasteiger partial charge on any atom is -0.390 e. The van der Waals surface area contributed by atoms with Gasteiger partial charge in [0.25, 0.3) is 5.91 Å². The summed E-state index contributed by atoms with van der Waals surface area (Å²) in [6.45, 7) is 0.468. The molecule has 2 atom stereocenters. The topological polar surface area (TPSA) is 58.6 Å². The van der Waals surface area contributed by atoms with Crippen LogP contribution in [0.15, 0.2) is 48.5 Å². The molecule has 0 radical (unpaired) electrons. The smallest absolute Gasteiger partial charge is 0.251 e. The van der Waals surface area contributed by atoms with Gasteiger partial charge in [0.2, 0.25) is 0 Å². The van der Waals surface area contributed by atoms with Gasteiger partial charge in [0.05, 0.1) is 18.8 Å². The van der Waals surface area contributed by atoms with Crippen LogP contribution >= 0.6 is 0 Å². The first-order chi connectivity index (χ1) is 10.7. The van der Waals surface area contributed by atoms with E-state index in [-0.39, 0.29) is 11.9 Å². The number of benzene rings is 2. The van der Waals surface area contributed by atoms with Gasteiger partial charge in [-0.05, 0) is 28.8 Å². The van der Waals surface area contributed by atoms with Crippen molar-refractivity contribution in [2.45, 2.75) is 25.2 Å². The lowest BCUT2D eigenvalue weighted by molar-refractivity contribution is 0.0858. The molecule has 4 heteroatoms. The molecule has 2 aromatic rings. The van der Waals surface area contributed by atoms with Crippen molar-refractivity contribution in [1.29, 1.82) is 0 Å². The van der Waals surface area contributed by atoms with E-state index in [1.807, 2.05) is 42.5 Å². The van der Waals surface area contributed by atoms with Crippen molar-refractivity contribution in [3.05, 3.63) is 70.8 Å². The van der Waals surface area contributed by atoms with Gasteiger partial charge in [0, 0.05) is 19.1 Å². The number of amides is 1. The Kier molecular flexibility index (Phi) is 4.22. The van der Waals surface area contributed by atoms with E-state index in [0.717, 1.165) is 16.7 Å². The Labute approximate surface area is 129 Å². The molecule has 1 amide bonds. The molecule has 22 heavy (non-hydrogen) atoms. The van der Waals surface area contributed by atoms with Gasteiger partial charge in [-0.15, -0.1) is 0 Å². The first kappa shape index (κ1) is 14.8. The first-order valence-electron chi connectivity index (χ1n) is 7.33. The molecule has 2 unspecified atom stereocenters. The predicted octanol–water partition coefficient (Wildman–Crippen LogP) is 2.22. The number of hydrogen-bond donors (Lipinski definition) is 2. The van der Waals surface area contributed by atoms with Gasteiger partial charge in [-0.3, -0.25) is 4.79 Å². The summed E-state index contributed by atoms with van der Waals surface area (Å²) in [6.07, 6.45) is -0.00584. The number of fused-ring (bicyclic) bond motifs is 1. The van der Waals surface area contributed by atoms with Gasteiger partial charge in [-0.25, -0.2) is 0 Å². The van der Waals surface area contributed by atoms with Crippen LogP contribution in [0.25, 0.3) is 0 Å². The zero-order valence-electron chi connectivity index (χ0n) is 12.5. The van der Waals surface area contributed by atoms with Crippen LogP contribution in [-0.2, 0) is 17.8 Å². The summed E-state index contributed by atoms with van der Waals surface area (Å²) >= 11 is 0. The molecule has 3 rings (SSSR count). The molecule has 0 saturated heterocycles. The fourth-order valence-corrected chi connectivity index (χ4v) is 2.94. The molecule has 1 aliphatic carbocycles. The summed E-state index contributed by atoms with van der Waals surface area (Å²) in [5.74, 6) is -0.182. The number of aliphatic hydroxyl groups is 1. The normalized spacial score (nSPS) is 19.7. The highest BCUT2D eigenvalue weighted by Gasteiger charge is 2.31. The molecule has 4 nitrogen and oxygen atoms in total. The Morgan fingerprint density at radius 1 is 1.27 bits per heavy atom. The zero-order chi connectivity index (χ0) is 15.5. The van der Waals surface area contributed by atoms with Gasteiger partial charge in [-0.1, -0.05) is 36.4 Å². The standard InChI is InChI=1S/C18H19NO3/c1-22-11-12-5-4-7-14(9-12)18(21)19-17-15-8-3-2-6-13(15)10-16(17)20/h2-9,16-17,20H,10-11H2,1H3,(H,19,21). The van der Waals surface area contributed by atoms with E-state index in [2.05, 4.69) is 5.32 Å². The Morgan fingerprint density at radius 2 is 2.09 bits per heavy atom. The second kappa shape index (κ2) is 6.30. The molecule has 0 saturated carbocycles. The van der Waals surface area contributed by atoms with Crippen molar-refractivity contribution in [3.63, 3.8) is 0 Å². The largest absolute Gasteiger partial charge is 0.390 e. The van der Waals surface area contributed by atoms with Crippen molar-refractivity contribution in [2.75, 3.05) is 7.11 Å². The fraction of sp³-hybridized carbons (Fsp3) is 0.278. The van der Waals surface area contributed by atoms with Gasteiger partial charge in [0.15, 0.2) is 0 Å². The van der Waals surface area contributed by atoms with Crippen molar-refractivity contribution >= 4 is 5.91 Å². The number of methoxy groups -OCH3 is 1. The Hall–Kier alpha value is -2.17. The third-order valence-electron chi connectivity index (χ3n) is 3.99. The lowest BCUT2D eigenvalue weighted by Crippen LogP contribution is -2.33. The molecule has 0 fully saturated rings. The molecular weight excluding hydrogens is 278 g/mol. The van der Waals surface area contributed by atoms with E-state index in [4.69, 9.17) is 4.74 Å². The minimum absolute atomic E-state index is 0.182. The summed E-state index contributed by atoms with van der Waals surface area (Å²) in [4.78, 5) is 12.4. The lowest BCUT2D eigenvalue weighted by atomic mass is 10.1. The summed E-state index contributed by atoms with van der Waals surface area (Å²) < 4.78 is 5.09. The van der Waals surface area contributed by atoms with E-state index in [0.29, 0.717) is 18.6 Å². The van der Waals surface area contributed by atoms with Crippen LogP contribution in [-0.4, -0.2) is 24.2 Å². The molecule has 0 spiro atoms. The van der Waals surface area contributed by atoms with Crippen LogP contribution in [0.3, 0.4) is 0 Å². The maximum atomic E-state index is 12.4. The van der Waals surface area contributed by atoms with Gasteiger partial charge < -0.3 is 15.2 Å². The van der Waals surface area contributed by atoms with Crippen molar-refractivity contribution in [1.82, 2.24) is 5.32 Å². The maximum Gasteiger partial charge on any atom is 0.251 e. The molecule has 114 valence electrons. The molecule has 1 aliphatic rings. The third kappa shape index (κ3) is 2.89. The Morgan fingerprint density at radius 3 is 2.91 bits per heavy atom. The van der Waals surface area contributed by atoms with Gasteiger partial charge >= 0.3 is 0 Å². The predicted molar refractivity (Wildman–Crippen MR) is 83.5 cm³/mol. The molecule has 0 aliphatic heterocycles. The molecular formula is C18H19NO3. The van der Waals surface area contributed by atoms with Gasteiger partial charge in [0.1, 0.15) is 0 Å². The van der Waals surface area contributed by atoms with E-state index in [1.54, 1.807) is 13.2 Å². The van der Waals surface area contributed by atoms with E-state index >= 15 is 0 Å². The highest BCUT2D eigenvalue weighted by atomic mass is 16.5. The molecule has 2 N–H and O–H groups in total. The van der Waals surface area contributed by atoms with E-state index in [9.17, 15) is 9.90 Å². The average Bonchev–Trinajstić information content (AvgIpc) is 2.84. The zero-order valence-corrected chi connectivity index (χ0v) is 12.5. The molecule has 2 aromatic carbocycles. The van der Waals surface area contributed by atoms with Crippen LogP contribution in [0.1, 0.15) is 33.1 Å². The monoisotopic (exact) mass is 297 g/mol. The highest BCUT2D eigenvalue weighted by molar-refractivity contribution is 5.94. The van der Waals surface area contributed by atoms with Crippen LogP contribution < -0.4 is 5.32 Å². The SMILES string of the molecule is COCc1cccc(C(=O)NC2c3ccccc3CC2O)c1. The molecule has 0 heterocycles. The van der Waals surface area contributed by atoms with Crippen LogP contribution in [0.4, 0.5) is 0 Å². The Bertz CT molecular complexity index is 684. The average molecular weight is 297 g/mol. The van der Waals surface area contributed by atoms with Crippen molar-refractivity contribution in [2.24, 2.45) is 0 Å². The van der Waals surface area contributed by atoms with Gasteiger partial charge in [-0.2, -0.15) is 0 Å². The van der Waals surface area contributed by atoms with Crippen LogP contribution in [0, 0.1) is 0 Å². The number of carbonyl (C=O) groups excluding carboxylic acids is 1. The van der Waals surface area contributed by atoms with E-state index in [1.165, 1.54) is 0 Å². The lowest BCUT2D eigenvalue weighted by Gasteiger charge is -2.18. The van der Waals surface area contributed by atoms with E-state index < -0.39 is 6.10 Å². The maximum absolute atomic E-state index is 12.4. The number of nitrogens with one attached hydrogen (secondary N) is 1. The van der Waals surface area contributed by atoms with Crippen molar-refractivity contribution in [3.8, 4) is 0 Å². The summed E-state index contributed by atoms with van der Waals surface area (Å²) in [5, 5.41) is 13.2. The molecule has 0 bridgehead atoms. The summed E-state index contributed by atoms with van der Waals surface area (Å²) in [7, 11) is 1.62. The number of aliphatic hydroxyl groups excluding tert-OH is 1. The first-order valence-corrected chi connectivity index (χ1v) is 7.33. The number of rotatable bonds is 4.